The van der Waals surface area contributed by atoms with Crippen LogP contribution in [0.15, 0.2) is 48.7 Å². The van der Waals surface area contributed by atoms with E-state index in [1.165, 1.54) is 11.1 Å². The van der Waals surface area contributed by atoms with Gasteiger partial charge in [-0.3, -0.25) is 4.98 Å². The van der Waals surface area contributed by atoms with E-state index in [0.717, 1.165) is 12.1 Å². The minimum absolute atomic E-state index is 0.0418. The summed E-state index contributed by atoms with van der Waals surface area (Å²) in [6, 6.07) is 14.1. The van der Waals surface area contributed by atoms with Crippen molar-refractivity contribution in [3.63, 3.8) is 0 Å². The average molecular weight is 270 g/mol. The number of aryl methyl sites for hydroxylation is 1. The summed E-state index contributed by atoms with van der Waals surface area (Å²) >= 11 is 0. The Kier molecular flexibility index (Phi) is 5.27. The van der Waals surface area contributed by atoms with E-state index in [0.29, 0.717) is 6.61 Å². The number of ether oxygens (including phenoxy) is 1. The van der Waals surface area contributed by atoms with Crippen LogP contribution in [0.1, 0.15) is 29.8 Å². The van der Waals surface area contributed by atoms with E-state index in [9.17, 15) is 0 Å². The number of nitrogens with zero attached hydrogens (tertiary/aromatic N) is 1. The SMILES string of the molecule is Cc1ccccc1C(OCCc1ccccn1)C(C)N. The second kappa shape index (κ2) is 7.17. The van der Waals surface area contributed by atoms with Crippen molar-refractivity contribution in [1.29, 1.82) is 0 Å². The largest absolute Gasteiger partial charge is 0.371 e. The first-order valence-corrected chi connectivity index (χ1v) is 7.01. The Morgan fingerprint density at radius 2 is 1.90 bits per heavy atom. The van der Waals surface area contributed by atoms with Crippen molar-refractivity contribution in [3.8, 4) is 0 Å². The summed E-state index contributed by atoms with van der Waals surface area (Å²) in [7, 11) is 0. The lowest BCUT2D eigenvalue weighted by Gasteiger charge is -2.23. The number of hydrogen-bond donors (Lipinski definition) is 1. The van der Waals surface area contributed by atoms with Crippen LogP contribution in [0, 0.1) is 6.92 Å². The first-order chi connectivity index (χ1) is 9.68. The third-order valence-electron chi connectivity index (χ3n) is 3.35. The fourth-order valence-electron chi connectivity index (χ4n) is 2.27. The fourth-order valence-corrected chi connectivity index (χ4v) is 2.27. The Balaban J connectivity index is 1.99. The van der Waals surface area contributed by atoms with Gasteiger partial charge in [-0.05, 0) is 37.1 Å². The van der Waals surface area contributed by atoms with E-state index in [2.05, 4.69) is 24.0 Å². The predicted molar refractivity (Wildman–Crippen MR) is 81.5 cm³/mol. The maximum atomic E-state index is 6.08. The monoisotopic (exact) mass is 270 g/mol. The molecule has 2 N–H and O–H groups in total. The van der Waals surface area contributed by atoms with Crippen molar-refractivity contribution in [2.24, 2.45) is 5.73 Å². The standard InChI is InChI=1S/C17H22N2O/c1-13-7-3-4-9-16(13)17(14(2)18)20-12-10-15-8-5-6-11-19-15/h3-9,11,14,17H,10,12,18H2,1-2H3. The molecular formula is C17H22N2O. The highest BCUT2D eigenvalue weighted by Crippen LogP contribution is 2.23. The lowest BCUT2D eigenvalue weighted by Crippen LogP contribution is -2.28. The van der Waals surface area contributed by atoms with E-state index in [1.54, 1.807) is 6.20 Å². The average Bonchev–Trinajstić information content (AvgIpc) is 2.45. The number of hydrogen-bond acceptors (Lipinski definition) is 3. The zero-order valence-corrected chi connectivity index (χ0v) is 12.1. The van der Waals surface area contributed by atoms with Crippen molar-refractivity contribution in [2.75, 3.05) is 6.61 Å². The molecule has 0 bridgehead atoms. The maximum absolute atomic E-state index is 6.08. The molecule has 0 radical (unpaired) electrons. The first kappa shape index (κ1) is 14.7. The Morgan fingerprint density at radius 3 is 2.55 bits per heavy atom. The zero-order valence-electron chi connectivity index (χ0n) is 12.1. The van der Waals surface area contributed by atoms with Gasteiger partial charge >= 0.3 is 0 Å². The van der Waals surface area contributed by atoms with E-state index < -0.39 is 0 Å². The molecule has 3 heteroatoms. The molecule has 2 unspecified atom stereocenters. The Bertz CT molecular complexity index is 526. The van der Waals surface area contributed by atoms with Gasteiger partial charge in [0.15, 0.2) is 0 Å². The van der Waals surface area contributed by atoms with Crippen LogP contribution in [0.5, 0.6) is 0 Å². The predicted octanol–water partition coefficient (Wildman–Crippen LogP) is 3.04. The highest BCUT2D eigenvalue weighted by molar-refractivity contribution is 5.28. The molecule has 106 valence electrons. The Hall–Kier alpha value is -1.71. The highest BCUT2D eigenvalue weighted by atomic mass is 16.5. The molecule has 0 aliphatic heterocycles. The van der Waals surface area contributed by atoms with Gasteiger partial charge in [-0.2, -0.15) is 0 Å². The molecule has 0 spiro atoms. The van der Waals surface area contributed by atoms with Gasteiger partial charge in [0.25, 0.3) is 0 Å². The van der Waals surface area contributed by atoms with Gasteiger partial charge in [0, 0.05) is 24.4 Å². The van der Waals surface area contributed by atoms with E-state index in [-0.39, 0.29) is 12.1 Å². The molecular weight excluding hydrogens is 248 g/mol. The van der Waals surface area contributed by atoms with Crippen molar-refractivity contribution < 1.29 is 4.74 Å². The minimum atomic E-state index is -0.0695. The number of nitrogens with two attached hydrogens (primary N) is 1. The molecule has 1 heterocycles. The third-order valence-corrected chi connectivity index (χ3v) is 3.35. The maximum Gasteiger partial charge on any atom is 0.0975 e. The molecule has 2 rings (SSSR count). The van der Waals surface area contributed by atoms with Gasteiger partial charge in [-0.25, -0.2) is 0 Å². The second-order valence-corrected chi connectivity index (χ2v) is 5.08. The molecule has 0 saturated carbocycles. The number of benzene rings is 1. The molecule has 0 fully saturated rings. The van der Waals surface area contributed by atoms with E-state index >= 15 is 0 Å². The molecule has 2 atom stereocenters. The van der Waals surface area contributed by atoms with Gasteiger partial charge in [-0.15, -0.1) is 0 Å². The van der Waals surface area contributed by atoms with Crippen molar-refractivity contribution in [2.45, 2.75) is 32.4 Å². The molecule has 1 aromatic carbocycles. The first-order valence-electron chi connectivity index (χ1n) is 7.01. The summed E-state index contributed by atoms with van der Waals surface area (Å²) in [6.07, 6.45) is 2.54. The quantitative estimate of drug-likeness (QED) is 0.877. The summed E-state index contributed by atoms with van der Waals surface area (Å²) in [5, 5.41) is 0. The summed E-state index contributed by atoms with van der Waals surface area (Å²) in [5.41, 5.74) is 9.50. The molecule has 2 aromatic rings. The van der Waals surface area contributed by atoms with Gasteiger partial charge < -0.3 is 10.5 Å². The highest BCUT2D eigenvalue weighted by Gasteiger charge is 2.18. The molecule has 20 heavy (non-hydrogen) atoms. The number of rotatable bonds is 6. The van der Waals surface area contributed by atoms with Crippen LogP contribution in [0.4, 0.5) is 0 Å². The lowest BCUT2D eigenvalue weighted by atomic mass is 9.99. The second-order valence-electron chi connectivity index (χ2n) is 5.08. The van der Waals surface area contributed by atoms with Crippen LogP contribution < -0.4 is 5.73 Å². The molecule has 0 amide bonds. The Labute approximate surface area is 120 Å². The van der Waals surface area contributed by atoms with Crippen LogP contribution in [0.2, 0.25) is 0 Å². The summed E-state index contributed by atoms with van der Waals surface area (Å²) < 4.78 is 6.01. The smallest absolute Gasteiger partial charge is 0.0975 e. The summed E-state index contributed by atoms with van der Waals surface area (Å²) in [6.45, 7) is 4.70. The van der Waals surface area contributed by atoms with Crippen LogP contribution in [0.25, 0.3) is 0 Å². The van der Waals surface area contributed by atoms with Gasteiger partial charge in [0.1, 0.15) is 0 Å². The van der Waals surface area contributed by atoms with Crippen molar-refractivity contribution in [1.82, 2.24) is 4.98 Å². The molecule has 0 aliphatic carbocycles. The van der Waals surface area contributed by atoms with Crippen molar-refractivity contribution in [3.05, 3.63) is 65.5 Å². The van der Waals surface area contributed by atoms with Gasteiger partial charge in [0.2, 0.25) is 0 Å². The normalized spacial score (nSPS) is 13.9. The molecule has 0 saturated heterocycles. The van der Waals surface area contributed by atoms with Gasteiger partial charge in [-0.1, -0.05) is 30.3 Å². The summed E-state index contributed by atoms with van der Waals surface area (Å²) in [4.78, 5) is 4.30. The molecule has 1 aromatic heterocycles. The van der Waals surface area contributed by atoms with E-state index in [1.807, 2.05) is 37.3 Å². The van der Waals surface area contributed by atoms with Gasteiger partial charge in [0.05, 0.1) is 12.7 Å². The van der Waals surface area contributed by atoms with Crippen LogP contribution in [0.3, 0.4) is 0 Å². The lowest BCUT2D eigenvalue weighted by molar-refractivity contribution is 0.0396. The Morgan fingerprint density at radius 1 is 1.15 bits per heavy atom. The van der Waals surface area contributed by atoms with Crippen LogP contribution >= 0.6 is 0 Å². The fraction of sp³-hybridized carbons (Fsp3) is 0.353. The van der Waals surface area contributed by atoms with Crippen LogP contribution in [-0.2, 0) is 11.2 Å². The topological polar surface area (TPSA) is 48.1 Å². The van der Waals surface area contributed by atoms with E-state index in [4.69, 9.17) is 10.5 Å². The van der Waals surface area contributed by atoms with Crippen LogP contribution in [-0.4, -0.2) is 17.6 Å². The summed E-state index contributed by atoms with van der Waals surface area (Å²) in [5.74, 6) is 0. The third kappa shape index (κ3) is 3.89. The minimum Gasteiger partial charge on any atom is -0.371 e. The number of aromatic nitrogens is 1. The molecule has 3 nitrogen and oxygen atoms in total. The number of pyridine rings is 1. The zero-order chi connectivity index (χ0) is 14.4. The molecule has 0 aliphatic rings. The van der Waals surface area contributed by atoms with Crippen molar-refractivity contribution >= 4 is 0 Å².